The quantitative estimate of drug-likeness (QED) is 0.843. The molecule has 2 bridgehead atoms. The fraction of sp³-hybridized carbons (Fsp3) is 0.429. The highest BCUT2D eigenvalue weighted by Gasteiger charge is 2.35. The Kier molecular flexibility index (Phi) is 2.35. The number of imidazole rings is 1. The van der Waals surface area contributed by atoms with Crippen molar-refractivity contribution in [3.63, 3.8) is 0 Å². The van der Waals surface area contributed by atoms with E-state index >= 15 is 0 Å². The molecule has 2 unspecified atom stereocenters. The lowest BCUT2D eigenvalue weighted by atomic mass is 10.1. The third-order valence-corrected chi connectivity index (χ3v) is 4.00. The van der Waals surface area contributed by atoms with Gasteiger partial charge in [-0.15, -0.1) is 0 Å². The van der Waals surface area contributed by atoms with Gasteiger partial charge in [-0.2, -0.15) is 0 Å². The number of aromatic nitrogens is 2. The van der Waals surface area contributed by atoms with Gasteiger partial charge < -0.3 is 14.6 Å². The van der Waals surface area contributed by atoms with Crippen LogP contribution in [-0.4, -0.2) is 46.1 Å². The van der Waals surface area contributed by atoms with Crippen LogP contribution < -0.4 is 0 Å². The SMILES string of the molecule is O=C(c1ccc2nc[nH]c2c1)N1CC2CCC(C1)O2. The molecule has 2 aliphatic heterocycles. The Morgan fingerprint density at radius 1 is 1.32 bits per heavy atom. The molecule has 19 heavy (non-hydrogen) atoms. The number of morpholine rings is 1. The van der Waals surface area contributed by atoms with E-state index in [2.05, 4.69) is 9.97 Å². The number of carbonyl (C=O) groups excluding carboxylic acids is 1. The van der Waals surface area contributed by atoms with Gasteiger partial charge in [0.05, 0.1) is 29.6 Å². The molecule has 2 atom stereocenters. The number of hydrogen-bond donors (Lipinski definition) is 1. The molecule has 5 nitrogen and oxygen atoms in total. The van der Waals surface area contributed by atoms with Crippen LogP contribution in [-0.2, 0) is 4.74 Å². The lowest BCUT2D eigenvalue weighted by molar-refractivity contribution is -0.0303. The summed E-state index contributed by atoms with van der Waals surface area (Å²) in [5.74, 6) is 0.0942. The highest BCUT2D eigenvalue weighted by atomic mass is 16.5. The van der Waals surface area contributed by atoms with E-state index in [1.165, 1.54) is 0 Å². The molecule has 0 saturated carbocycles. The van der Waals surface area contributed by atoms with Crippen molar-refractivity contribution < 1.29 is 9.53 Å². The number of hydrogen-bond acceptors (Lipinski definition) is 3. The Balaban J connectivity index is 1.62. The topological polar surface area (TPSA) is 58.2 Å². The van der Waals surface area contributed by atoms with E-state index in [1.54, 1.807) is 6.33 Å². The number of rotatable bonds is 1. The first-order chi connectivity index (χ1) is 9.29. The van der Waals surface area contributed by atoms with Crippen LogP contribution in [0.2, 0.25) is 0 Å². The van der Waals surface area contributed by atoms with Crippen LogP contribution in [0.4, 0.5) is 0 Å². The first-order valence-electron chi connectivity index (χ1n) is 6.67. The van der Waals surface area contributed by atoms with E-state index in [-0.39, 0.29) is 18.1 Å². The average molecular weight is 257 g/mol. The van der Waals surface area contributed by atoms with Gasteiger partial charge in [0.25, 0.3) is 5.91 Å². The van der Waals surface area contributed by atoms with E-state index in [1.807, 2.05) is 23.1 Å². The van der Waals surface area contributed by atoms with Gasteiger partial charge in [0.15, 0.2) is 0 Å². The Labute approximate surface area is 110 Å². The summed E-state index contributed by atoms with van der Waals surface area (Å²) in [5, 5.41) is 0. The number of nitrogens with one attached hydrogen (secondary N) is 1. The maximum atomic E-state index is 12.5. The first-order valence-corrected chi connectivity index (χ1v) is 6.67. The predicted molar refractivity (Wildman–Crippen MR) is 69.9 cm³/mol. The average Bonchev–Trinajstić information content (AvgIpc) is 3.03. The largest absolute Gasteiger partial charge is 0.371 e. The third-order valence-electron chi connectivity index (χ3n) is 4.00. The summed E-state index contributed by atoms with van der Waals surface area (Å²) in [5.41, 5.74) is 2.51. The molecule has 0 radical (unpaired) electrons. The fourth-order valence-corrected chi connectivity index (χ4v) is 3.03. The van der Waals surface area contributed by atoms with Crippen molar-refractivity contribution in [1.82, 2.24) is 14.9 Å². The van der Waals surface area contributed by atoms with Crippen molar-refractivity contribution in [1.29, 1.82) is 0 Å². The van der Waals surface area contributed by atoms with Crippen LogP contribution in [0.15, 0.2) is 24.5 Å². The molecule has 0 aliphatic carbocycles. The van der Waals surface area contributed by atoms with Crippen LogP contribution in [0.25, 0.3) is 11.0 Å². The van der Waals surface area contributed by atoms with Crippen LogP contribution in [0, 0.1) is 0 Å². The highest BCUT2D eigenvalue weighted by molar-refractivity contribution is 5.97. The second-order valence-corrected chi connectivity index (χ2v) is 5.30. The Hall–Kier alpha value is -1.88. The standard InChI is InChI=1S/C14H15N3O2/c18-14(17-6-10-2-3-11(7-17)19-10)9-1-4-12-13(5-9)16-8-15-12/h1,4-5,8,10-11H,2-3,6-7H2,(H,15,16). The van der Waals surface area contributed by atoms with E-state index in [4.69, 9.17) is 4.74 Å². The number of amides is 1. The molecule has 98 valence electrons. The number of H-pyrrole nitrogens is 1. The summed E-state index contributed by atoms with van der Waals surface area (Å²) in [6, 6.07) is 5.61. The molecule has 1 aromatic carbocycles. The second-order valence-electron chi connectivity index (χ2n) is 5.30. The predicted octanol–water partition coefficient (Wildman–Crippen LogP) is 1.57. The Bertz CT molecular complexity index is 624. The minimum atomic E-state index is 0.0942. The normalized spacial score (nSPS) is 26.0. The lowest BCUT2D eigenvalue weighted by Crippen LogP contribution is -2.45. The maximum Gasteiger partial charge on any atom is 0.254 e. The fourth-order valence-electron chi connectivity index (χ4n) is 3.03. The summed E-state index contributed by atoms with van der Waals surface area (Å²) < 4.78 is 5.76. The van der Waals surface area contributed by atoms with Gasteiger partial charge in [0.1, 0.15) is 0 Å². The van der Waals surface area contributed by atoms with Gasteiger partial charge in [0, 0.05) is 18.7 Å². The first kappa shape index (κ1) is 11.0. The minimum Gasteiger partial charge on any atom is -0.371 e. The molecule has 5 heteroatoms. The lowest BCUT2D eigenvalue weighted by Gasteiger charge is -2.32. The molecule has 1 amide bonds. The minimum absolute atomic E-state index is 0.0942. The van der Waals surface area contributed by atoms with Gasteiger partial charge in [-0.25, -0.2) is 4.98 Å². The zero-order chi connectivity index (χ0) is 12.8. The molecule has 2 saturated heterocycles. The highest BCUT2D eigenvalue weighted by Crippen LogP contribution is 2.27. The van der Waals surface area contributed by atoms with E-state index < -0.39 is 0 Å². The van der Waals surface area contributed by atoms with Crippen molar-refractivity contribution >= 4 is 16.9 Å². The molecule has 3 heterocycles. The molecule has 1 aromatic heterocycles. The number of nitrogens with zero attached hydrogens (tertiary/aromatic N) is 2. The van der Waals surface area contributed by atoms with Crippen LogP contribution in [0.1, 0.15) is 23.2 Å². The van der Waals surface area contributed by atoms with Crippen LogP contribution in [0.3, 0.4) is 0 Å². The number of benzene rings is 1. The summed E-state index contributed by atoms with van der Waals surface area (Å²) in [4.78, 5) is 21.6. The molecule has 0 spiro atoms. The second kappa shape index (κ2) is 4.06. The van der Waals surface area contributed by atoms with E-state index in [0.29, 0.717) is 0 Å². The smallest absolute Gasteiger partial charge is 0.254 e. The molecule has 2 aromatic rings. The van der Waals surface area contributed by atoms with Crippen molar-refractivity contribution in [2.45, 2.75) is 25.0 Å². The van der Waals surface area contributed by atoms with E-state index in [0.717, 1.165) is 42.5 Å². The van der Waals surface area contributed by atoms with Gasteiger partial charge >= 0.3 is 0 Å². The van der Waals surface area contributed by atoms with Crippen molar-refractivity contribution in [3.8, 4) is 0 Å². The Morgan fingerprint density at radius 3 is 2.89 bits per heavy atom. The number of likely N-dealkylation sites (tertiary alicyclic amines) is 1. The zero-order valence-electron chi connectivity index (χ0n) is 10.5. The molecule has 2 fully saturated rings. The molecular formula is C14H15N3O2. The maximum absolute atomic E-state index is 12.5. The number of carbonyl (C=O) groups is 1. The summed E-state index contributed by atoms with van der Waals surface area (Å²) in [7, 11) is 0. The summed E-state index contributed by atoms with van der Waals surface area (Å²) in [6.45, 7) is 1.44. The number of fused-ring (bicyclic) bond motifs is 3. The zero-order valence-corrected chi connectivity index (χ0v) is 10.5. The van der Waals surface area contributed by atoms with Gasteiger partial charge in [-0.05, 0) is 31.0 Å². The van der Waals surface area contributed by atoms with Gasteiger partial charge in [-0.3, -0.25) is 4.79 Å². The van der Waals surface area contributed by atoms with Crippen LogP contribution >= 0.6 is 0 Å². The van der Waals surface area contributed by atoms with Crippen LogP contribution in [0.5, 0.6) is 0 Å². The van der Waals surface area contributed by atoms with Gasteiger partial charge in [-0.1, -0.05) is 0 Å². The van der Waals surface area contributed by atoms with Crippen molar-refractivity contribution in [2.75, 3.05) is 13.1 Å². The number of aromatic amines is 1. The van der Waals surface area contributed by atoms with Crippen molar-refractivity contribution in [3.05, 3.63) is 30.1 Å². The Morgan fingerprint density at radius 2 is 2.11 bits per heavy atom. The summed E-state index contributed by atoms with van der Waals surface area (Å²) in [6.07, 6.45) is 4.27. The molecule has 1 N–H and O–H groups in total. The molecular weight excluding hydrogens is 242 g/mol. The van der Waals surface area contributed by atoms with E-state index in [9.17, 15) is 4.79 Å². The van der Waals surface area contributed by atoms with Gasteiger partial charge in [0.2, 0.25) is 0 Å². The number of ether oxygens (including phenoxy) is 1. The van der Waals surface area contributed by atoms with Crippen molar-refractivity contribution in [2.24, 2.45) is 0 Å². The summed E-state index contributed by atoms with van der Waals surface area (Å²) >= 11 is 0. The molecule has 4 rings (SSSR count). The monoisotopic (exact) mass is 257 g/mol. The molecule has 2 aliphatic rings. The third kappa shape index (κ3) is 1.81.